The van der Waals surface area contributed by atoms with Gasteiger partial charge in [-0.05, 0) is 50.2 Å². The Hall–Kier alpha value is -3.31. The van der Waals surface area contributed by atoms with Gasteiger partial charge in [-0.2, -0.15) is 5.26 Å². The summed E-state index contributed by atoms with van der Waals surface area (Å²) in [5.41, 5.74) is 1.09. The number of aromatic nitrogens is 1. The van der Waals surface area contributed by atoms with E-state index in [9.17, 15) is 13.2 Å². The lowest BCUT2D eigenvalue weighted by Crippen LogP contribution is -2.17. The van der Waals surface area contributed by atoms with Gasteiger partial charge >= 0.3 is 0 Å². The molecular formula is C20H19N3O4S. The van der Waals surface area contributed by atoms with Crippen molar-refractivity contribution in [3.05, 3.63) is 64.4 Å². The Balaban J connectivity index is 2.11. The second-order valence-electron chi connectivity index (χ2n) is 6.55. The van der Waals surface area contributed by atoms with Gasteiger partial charge in [-0.25, -0.2) is 8.42 Å². The molecule has 0 aliphatic rings. The Bertz CT molecular complexity index is 1240. The van der Waals surface area contributed by atoms with E-state index in [1.807, 2.05) is 19.9 Å². The van der Waals surface area contributed by atoms with Gasteiger partial charge in [0.15, 0.2) is 0 Å². The fourth-order valence-corrected chi connectivity index (χ4v) is 3.81. The van der Waals surface area contributed by atoms with E-state index < -0.39 is 10.0 Å². The van der Waals surface area contributed by atoms with E-state index in [-0.39, 0.29) is 22.2 Å². The molecule has 7 nitrogen and oxygen atoms in total. The van der Waals surface area contributed by atoms with Crippen LogP contribution in [0, 0.1) is 11.3 Å². The topological polar surface area (TPSA) is 101 Å². The molecule has 0 aliphatic carbocycles. The standard InChI is InChI=1S/C20H19N3O4S/c1-13(2)27-19-11-18-15(6-9-20(24)23(18)3)10-17(19)22-28(25,26)16-7-4-14(12-21)5-8-16/h4-11,13,22H,1-3H3. The van der Waals surface area contributed by atoms with Gasteiger partial charge in [0.2, 0.25) is 0 Å². The third-order valence-corrected chi connectivity index (χ3v) is 5.51. The monoisotopic (exact) mass is 397 g/mol. The van der Waals surface area contributed by atoms with Crippen LogP contribution >= 0.6 is 0 Å². The zero-order valence-corrected chi connectivity index (χ0v) is 16.4. The molecule has 0 aliphatic heterocycles. The van der Waals surface area contributed by atoms with Gasteiger partial charge in [0.1, 0.15) is 5.75 Å². The summed E-state index contributed by atoms with van der Waals surface area (Å²) >= 11 is 0. The zero-order chi connectivity index (χ0) is 20.5. The Kier molecular flexibility index (Phi) is 5.12. The van der Waals surface area contributed by atoms with E-state index in [0.29, 0.717) is 22.2 Å². The van der Waals surface area contributed by atoms with Crippen molar-refractivity contribution in [1.82, 2.24) is 4.57 Å². The van der Waals surface area contributed by atoms with Gasteiger partial charge in [0.05, 0.1) is 33.8 Å². The van der Waals surface area contributed by atoms with Gasteiger partial charge in [-0.3, -0.25) is 9.52 Å². The molecule has 0 amide bonds. The maximum absolute atomic E-state index is 12.8. The molecule has 0 unspecified atom stereocenters. The molecule has 3 aromatic rings. The Morgan fingerprint density at radius 1 is 1.11 bits per heavy atom. The maximum atomic E-state index is 12.8. The molecule has 1 aromatic heterocycles. The lowest BCUT2D eigenvalue weighted by molar-refractivity contribution is 0.244. The normalized spacial score (nSPS) is 11.4. The predicted molar refractivity (Wildman–Crippen MR) is 107 cm³/mol. The summed E-state index contributed by atoms with van der Waals surface area (Å²) in [6, 6.07) is 13.9. The third kappa shape index (κ3) is 3.85. The van der Waals surface area contributed by atoms with Crippen molar-refractivity contribution in [2.75, 3.05) is 4.72 Å². The minimum atomic E-state index is -3.89. The molecule has 0 saturated carbocycles. The number of hydrogen-bond acceptors (Lipinski definition) is 5. The molecule has 3 rings (SSSR count). The van der Waals surface area contributed by atoms with Gasteiger partial charge in [-0.15, -0.1) is 0 Å². The summed E-state index contributed by atoms with van der Waals surface area (Å²) in [7, 11) is -2.25. The number of nitrogens with one attached hydrogen (secondary N) is 1. The third-order valence-electron chi connectivity index (χ3n) is 4.13. The highest BCUT2D eigenvalue weighted by Gasteiger charge is 2.18. The average Bonchev–Trinajstić information content (AvgIpc) is 2.65. The summed E-state index contributed by atoms with van der Waals surface area (Å²) < 4.78 is 35.4. The van der Waals surface area contributed by atoms with Crippen molar-refractivity contribution >= 4 is 26.6 Å². The minimum absolute atomic E-state index is 0.0301. The van der Waals surface area contributed by atoms with Crippen molar-refractivity contribution in [3.8, 4) is 11.8 Å². The highest BCUT2D eigenvalue weighted by Crippen LogP contribution is 2.32. The predicted octanol–water partition coefficient (Wildman–Crippen LogP) is 3.00. The molecule has 0 bridgehead atoms. The number of pyridine rings is 1. The number of fused-ring (bicyclic) bond motifs is 1. The van der Waals surface area contributed by atoms with Crippen LogP contribution < -0.4 is 15.0 Å². The van der Waals surface area contributed by atoms with Crippen LogP contribution in [0.1, 0.15) is 19.4 Å². The molecule has 0 saturated heterocycles. The van der Waals surface area contributed by atoms with Crippen LogP contribution in [0.15, 0.2) is 58.2 Å². The first-order chi connectivity index (χ1) is 13.2. The molecule has 0 fully saturated rings. The quantitative estimate of drug-likeness (QED) is 0.713. The first-order valence-corrected chi connectivity index (χ1v) is 10.0. The van der Waals surface area contributed by atoms with Crippen LogP contribution in [0.4, 0.5) is 5.69 Å². The highest BCUT2D eigenvalue weighted by molar-refractivity contribution is 7.92. The lowest BCUT2D eigenvalue weighted by Gasteiger charge is -2.18. The number of ether oxygens (including phenoxy) is 1. The SMILES string of the molecule is CC(C)Oc1cc2c(ccc(=O)n2C)cc1NS(=O)(=O)c1ccc(C#N)cc1. The molecule has 8 heteroatoms. The summed E-state index contributed by atoms with van der Waals surface area (Å²) in [6.07, 6.45) is -0.198. The average molecular weight is 397 g/mol. The van der Waals surface area contributed by atoms with E-state index in [4.69, 9.17) is 10.00 Å². The summed E-state index contributed by atoms with van der Waals surface area (Å²) in [6.45, 7) is 3.65. The van der Waals surface area contributed by atoms with E-state index >= 15 is 0 Å². The van der Waals surface area contributed by atoms with Gasteiger partial charge in [-0.1, -0.05) is 0 Å². The largest absolute Gasteiger partial charge is 0.489 e. The number of rotatable bonds is 5. The van der Waals surface area contributed by atoms with E-state index in [0.717, 1.165) is 0 Å². The number of nitrogens with zero attached hydrogens (tertiary/aromatic N) is 2. The lowest BCUT2D eigenvalue weighted by atomic mass is 10.2. The van der Waals surface area contributed by atoms with Crippen LogP contribution in [0.2, 0.25) is 0 Å². The second-order valence-corrected chi connectivity index (χ2v) is 8.23. The van der Waals surface area contributed by atoms with Crippen LogP contribution in [-0.2, 0) is 17.1 Å². The second kappa shape index (κ2) is 7.37. The molecule has 0 radical (unpaired) electrons. The molecule has 1 heterocycles. The number of hydrogen-bond donors (Lipinski definition) is 1. The summed E-state index contributed by atoms with van der Waals surface area (Å²) in [4.78, 5) is 11.9. The summed E-state index contributed by atoms with van der Waals surface area (Å²) in [5.74, 6) is 0.320. The molecule has 2 aromatic carbocycles. The molecule has 28 heavy (non-hydrogen) atoms. The number of benzene rings is 2. The molecule has 0 spiro atoms. The van der Waals surface area contributed by atoms with Gasteiger partial charge in [0.25, 0.3) is 15.6 Å². The zero-order valence-electron chi connectivity index (χ0n) is 15.6. The van der Waals surface area contributed by atoms with Crippen LogP contribution in [0.3, 0.4) is 0 Å². The maximum Gasteiger partial charge on any atom is 0.262 e. The molecule has 1 N–H and O–H groups in total. The highest BCUT2D eigenvalue weighted by atomic mass is 32.2. The number of sulfonamides is 1. The van der Waals surface area contributed by atoms with Crippen molar-refractivity contribution in [3.63, 3.8) is 0 Å². The number of anilines is 1. The van der Waals surface area contributed by atoms with Gasteiger partial charge in [0, 0.05) is 24.6 Å². The van der Waals surface area contributed by atoms with Crippen LogP contribution in [0.25, 0.3) is 10.9 Å². The van der Waals surface area contributed by atoms with Crippen LogP contribution in [-0.4, -0.2) is 19.1 Å². The van der Waals surface area contributed by atoms with Crippen molar-refractivity contribution in [2.24, 2.45) is 7.05 Å². The van der Waals surface area contributed by atoms with E-state index in [1.165, 1.54) is 34.9 Å². The molecule has 0 atom stereocenters. The number of nitriles is 1. The molecule has 144 valence electrons. The summed E-state index contributed by atoms with van der Waals surface area (Å²) in [5, 5.41) is 9.56. The molecular weight excluding hydrogens is 378 g/mol. The number of aryl methyl sites for hydroxylation is 1. The Morgan fingerprint density at radius 2 is 1.79 bits per heavy atom. The minimum Gasteiger partial charge on any atom is -0.489 e. The van der Waals surface area contributed by atoms with Crippen molar-refractivity contribution in [2.45, 2.75) is 24.8 Å². The fraction of sp³-hybridized carbons (Fsp3) is 0.200. The van der Waals surface area contributed by atoms with E-state index in [1.54, 1.807) is 25.2 Å². The van der Waals surface area contributed by atoms with E-state index in [2.05, 4.69) is 4.72 Å². The Morgan fingerprint density at radius 3 is 2.39 bits per heavy atom. The van der Waals surface area contributed by atoms with Gasteiger partial charge < -0.3 is 9.30 Å². The van der Waals surface area contributed by atoms with Crippen molar-refractivity contribution < 1.29 is 13.2 Å². The first-order valence-electron chi connectivity index (χ1n) is 8.55. The fourth-order valence-electron chi connectivity index (χ4n) is 2.74. The Labute approximate surface area is 162 Å². The van der Waals surface area contributed by atoms with Crippen LogP contribution in [0.5, 0.6) is 5.75 Å². The first kappa shape index (κ1) is 19.5. The van der Waals surface area contributed by atoms with Crippen molar-refractivity contribution in [1.29, 1.82) is 5.26 Å². The smallest absolute Gasteiger partial charge is 0.262 e.